The fraction of sp³-hybridized carbons (Fsp3) is 0.812. The van der Waals surface area contributed by atoms with Crippen molar-refractivity contribution in [3.05, 3.63) is 0 Å². The first kappa shape index (κ1) is 20.6. The van der Waals surface area contributed by atoms with Crippen LogP contribution in [0.2, 0.25) is 0 Å². The molecule has 6 heteroatoms. The minimum atomic E-state index is -2.09. The lowest BCUT2D eigenvalue weighted by Crippen LogP contribution is -2.37. The predicted molar refractivity (Wildman–Crippen MR) is 81.2 cm³/mol. The van der Waals surface area contributed by atoms with Crippen LogP contribution < -0.4 is 0 Å². The zero-order chi connectivity index (χ0) is 16.8. The smallest absolute Gasteiger partial charge is 0.378 e. The van der Waals surface area contributed by atoms with Crippen molar-refractivity contribution in [1.82, 2.24) is 0 Å². The first-order valence-electron chi connectivity index (χ1n) is 8.10. The van der Waals surface area contributed by atoms with E-state index >= 15 is 0 Å². The van der Waals surface area contributed by atoms with Crippen LogP contribution in [-0.4, -0.2) is 42.1 Å². The molecular formula is C16H28O6. The lowest BCUT2D eigenvalue weighted by atomic mass is 10.2. The summed E-state index contributed by atoms with van der Waals surface area (Å²) in [5.41, 5.74) is 0. The minimum absolute atomic E-state index is 0.114. The quantitative estimate of drug-likeness (QED) is 0.242. The molecule has 0 heterocycles. The molecule has 0 rings (SSSR count). The maximum Gasteiger partial charge on any atom is 0.378 e. The Hall–Kier alpha value is -1.43. The number of Topliss-reactive ketones (excluding diaryl/α,β-unsaturated/α-hetero) is 1. The summed E-state index contributed by atoms with van der Waals surface area (Å²) in [6, 6.07) is 0. The number of aliphatic hydroxyl groups is 1. The fourth-order valence-electron chi connectivity index (χ4n) is 1.76. The Kier molecular flexibility index (Phi) is 12.4. The zero-order valence-corrected chi connectivity index (χ0v) is 13.6. The summed E-state index contributed by atoms with van der Waals surface area (Å²) in [5, 5.41) is 9.48. The molecule has 1 N–H and O–H groups in total. The first-order chi connectivity index (χ1) is 10.5. The molecule has 22 heavy (non-hydrogen) atoms. The summed E-state index contributed by atoms with van der Waals surface area (Å²) >= 11 is 0. The van der Waals surface area contributed by atoms with E-state index < -0.39 is 23.8 Å². The van der Waals surface area contributed by atoms with Crippen LogP contribution in [0.25, 0.3) is 0 Å². The van der Waals surface area contributed by atoms with Gasteiger partial charge in [0.2, 0.25) is 6.10 Å². The van der Waals surface area contributed by atoms with Gasteiger partial charge in [-0.1, -0.05) is 52.4 Å². The van der Waals surface area contributed by atoms with Gasteiger partial charge in [-0.3, -0.25) is 4.79 Å². The van der Waals surface area contributed by atoms with Crippen molar-refractivity contribution >= 4 is 17.7 Å². The molecular weight excluding hydrogens is 288 g/mol. The van der Waals surface area contributed by atoms with E-state index in [-0.39, 0.29) is 13.2 Å². The average molecular weight is 316 g/mol. The van der Waals surface area contributed by atoms with E-state index in [9.17, 15) is 19.5 Å². The number of aliphatic hydroxyl groups excluding tert-OH is 1. The van der Waals surface area contributed by atoms with Gasteiger partial charge in [0.25, 0.3) is 5.78 Å². The van der Waals surface area contributed by atoms with Crippen molar-refractivity contribution in [2.45, 2.75) is 71.3 Å². The third kappa shape index (κ3) is 9.50. The molecule has 1 atom stereocenters. The van der Waals surface area contributed by atoms with Gasteiger partial charge >= 0.3 is 11.9 Å². The van der Waals surface area contributed by atoms with Crippen molar-refractivity contribution in [3.63, 3.8) is 0 Å². The van der Waals surface area contributed by atoms with Gasteiger partial charge in [-0.25, -0.2) is 9.59 Å². The summed E-state index contributed by atoms with van der Waals surface area (Å²) in [7, 11) is 0. The molecule has 0 aliphatic carbocycles. The molecule has 0 aromatic carbocycles. The van der Waals surface area contributed by atoms with Crippen LogP contribution in [0.15, 0.2) is 0 Å². The summed E-state index contributed by atoms with van der Waals surface area (Å²) in [5.74, 6) is -3.55. The molecule has 6 nitrogen and oxygen atoms in total. The largest absolute Gasteiger partial charge is 0.463 e. The number of hydrogen-bond acceptors (Lipinski definition) is 6. The molecule has 0 aliphatic heterocycles. The monoisotopic (exact) mass is 316 g/mol. The highest BCUT2D eigenvalue weighted by molar-refractivity contribution is 6.39. The Balaban J connectivity index is 3.91. The van der Waals surface area contributed by atoms with Crippen molar-refractivity contribution in [1.29, 1.82) is 0 Å². The highest BCUT2D eigenvalue weighted by atomic mass is 16.6. The SMILES string of the molecule is CCCCCCOC(=O)C(=O)C(O)C(=O)OCCCCCC. The average Bonchev–Trinajstić information content (AvgIpc) is 2.52. The highest BCUT2D eigenvalue weighted by Gasteiger charge is 2.32. The van der Waals surface area contributed by atoms with Crippen molar-refractivity contribution in [3.8, 4) is 0 Å². The molecule has 0 radical (unpaired) electrons. The standard InChI is InChI=1S/C16H28O6/c1-3-5-7-9-11-21-15(19)13(17)14(18)16(20)22-12-10-8-6-4-2/h13,17H,3-12H2,1-2H3. The molecule has 128 valence electrons. The van der Waals surface area contributed by atoms with E-state index in [2.05, 4.69) is 13.8 Å². The Morgan fingerprint density at radius 3 is 1.82 bits per heavy atom. The zero-order valence-electron chi connectivity index (χ0n) is 13.6. The van der Waals surface area contributed by atoms with Crippen LogP contribution in [0, 0.1) is 0 Å². The number of rotatable bonds is 13. The van der Waals surface area contributed by atoms with E-state index in [0.717, 1.165) is 38.5 Å². The number of ether oxygens (including phenoxy) is 2. The molecule has 0 aliphatic rings. The lowest BCUT2D eigenvalue weighted by Gasteiger charge is -2.09. The first-order valence-corrected chi connectivity index (χ1v) is 8.10. The Morgan fingerprint density at radius 2 is 1.32 bits per heavy atom. The summed E-state index contributed by atoms with van der Waals surface area (Å²) in [6.45, 7) is 4.36. The maximum absolute atomic E-state index is 11.5. The lowest BCUT2D eigenvalue weighted by molar-refractivity contribution is -0.166. The van der Waals surface area contributed by atoms with Crippen LogP contribution in [0.3, 0.4) is 0 Å². The highest BCUT2D eigenvalue weighted by Crippen LogP contribution is 2.02. The molecule has 1 unspecified atom stereocenters. The molecule has 0 bridgehead atoms. The molecule has 0 aromatic heterocycles. The molecule has 0 amide bonds. The van der Waals surface area contributed by atoms with Gasteiger partial charge in [-0.15, -0.1) is 0 Å². The summed E-state index contributed by atoms with van der Waals surface area (Å²) in [4.78, 5) is 34.3. The third-order valence-electron chi connectivity index (χ3n) is 3.15. The number of esters is 2. The van der Waals surface area contributed by atoms with E-state index in [1.165, 1.54) is 0 Å². The third-order valence-corrected chi connectivity index (χ3v) is 3.15. The second-order valence-electron chi connectivity index (χ2n) is 5.19. The molecule has 0 fully saturated rings. The van der Waals surface area contributed by atoms with Gasteiger partial charge in [0.1, 0.15) is 0 Å². The normalized spacial score (nSPS) is 11.8. The van der Waals surface area contributed by atoms with E-state index in [1.807, 2.05) is 0 Å². The predicted octanol–water partition coefficient (Wildman–Crippen LogP) is 2.16. The van der Waals surface area contributed by atoms with E-state index in [1.54, 1.807) is 0 Å². The fourth-order valence-corrected chi connectivity index (χ4v) is 1.76. The van der Waals surface area contributed by atoms with Gasteiger partial charge < -0.3 is 14.6 Å². The number of hydrogen-bond donors (Lipinski definition) is 1. The van der Waals surface area contributed by atoms with E-state index in [4.69, 9.17) is 9.47 Å². The van der Waals surface area contributed by atoms with E-state index in [0.29, 0.717) is 12.8 Å². The summed E-state index contributed by atoms with van der Waals surface area (Å²) < 4.78 is 9.48. The number of carbonyl (C=O) groups excluding carboxylic acids is 3. The van der Waals surface area contributed by atoms with Crippen LogP contribution >= 0.6 is 0 Å². The van der Waals surface area contributed by atoms with Crippen LogP contribution in [0.1, 0.15) is 65.2 Å². The number of unbranched alkanes of at least 4 members (excludes halogenated alkanes) is 6. The van der Waals surface area contributed by atoms with Crippen molar-refractivity contribution < 1.29 is 29.0 Å². The van der Waals surface area contributed by atoms with Gasteiger partial charge in [0, 0.05) is 0 Å². The van der Waals surface area contributed by atoms with Gasteiger partial charge in [-0.2, -0.15) is 0 Å². The van der Waals surface area contributed by atoms with Crippen LogP contribution in [0.5, 0.6) is 0 Å². The van der Waals surface area contributed by atoms with Gasteiger partial charge in [-0.05, 0) is 12.8 Å². The minimum Gasteiger partial charge on any atom is -0.463 e. The molecule has 0 saturated heterocycles. The number of carbonyl (C=O) groups is 3. The molecule has 0 saturated carbocycles. The Bertz CT molecular complexity index is 340. The second kappa shape index (κ2) is 13.2. The van der Waals surface area contributed by atoms with Gasteiger partial charge in [0.15, 0.2) is 0 Å². The van der Waals surface area contributed by atoms with Crippen LogP contribution in [-0.2, 0) is 23.9 Å². The summed E-state index contributed by atoms with van der Waals surface area (Å²) in [6.07, 6.45) is 5.21. The van der Waals surface area contributed by atoms with Crippen molar-refractivity contribution in [2.24, 2.45) is 0 Å². The number of ketones is 1. The Morgan fingerprint density at radius 1 is 0.818 bits per heavy atom. The van der Waals surface area contributed by atoms with Crippen LogP contribution in [0.4, 0.5) is 0 Å². The topological polar surface area (TPSA) is 89.9 Å². The maximum atomic E-state index is 11.5. The van der Waals surface area contributed by atoms with Gasteiger partial charge in [0.05, 0.1) is 13.2 Å². The molecule has 0 spiro atoms. The Labute approximate surface area is 132 Å². The van der Waals surface area contributed by atoms with Crippen molar-refractivity contribution in [2.75, 3.05) is 13.2 Å². The molecule has 0 aromatic rings. The second-order valence-corrected chi connectivity index (χ2v) is 5.19.